The summed E-state index contributed by atoms with van der Waals surface area (Å²) in [5.74, 6) is -0.914. The van der Waals surface area contributed by atoms with Crippen molar-refractivity contribution in [2.75, 3.05) is 0 Å². The Morgan fingerprint density at radius 2 is 1.59 bits per heavy atom. The summed E-state index contributed by atoms with van der Waals surface area (Å²) in [5, 5.41) is 1.12. The van der Waals surface area contributed by atoms with E-state index >= 15 is 0 Å². The number of fused-ring (bicyclic) bond motifs is 1. The normalized spacial score (nSPS) is 10.5. The number of carbonyl (C=O) groups excluding carboxylic acids is 2. The molecule has 0 aliphatic rings. The molecule has 4 aromatic rings. The molecule has 0 spiro atoms. The van der Waals surface area contributed by atoms with Crippen molar-refractivity contribution < 1.29 is 9.59 Å². The largest absolute Gasteiger partial charge is 0.270 e. The number of hydrazine groups is 1. The van der Waals surface area contributed by atoms with E-state index < -0.39 is 11.8 Å². The van der Waals surface area contributed by atoms with Gasteiger partial charge in [0.05, 0.1) is 16.8 Å². The molecule has 0 fully saturated rings. The highest BCUT2D eigenvalue weighted by Gasteiger charge is 2.15. The van der Waals surface area contributed by atoms with E-state index in [1.165, 1.54) is 6.07 Å². The zero-order valence-corrected chi connectivity index (χ0v) is 15.9. The van der Waals surface area contributed by atoms with Crippen molar-refractivity contribution in [3.05, 3.63) is 95.3 Å². The van der Waals surface area contributed by atoms with Gasteiger partial charge in [0.2, 0.25) is 0 Å². The highest BCUT2D eigenvalue weighted by atomic mass is 35.5. The molecule has 4 rings (SSSR count). The van der Waals surface area contributed by atoms with E-state index in [0.29, 0.717) is 32.7 Å². The molecule has 6 nitrogen and oxygen atoms in total. The first kappa shape index (κ1) is 18.6. The lowest BCUT2D eigenvalue weighted by molar-refractivity contribution is 0.0847. The summed E-state index contributed by atoms with van der Waals surface area (Å²) in [6.07, 6.45) is 3.33. The second kappa shape index (κ2) is 8.08. The van der Waals surface area contributed by atoms with Gasteiger partial charge in [-0.15, -0.1) is 0 Å². The Balaban J connectivity index is 1.64. The van der Waals surface area contributed by atoms with Gasteiger partial charge in [0.1, 0.15) is 0 Å². The first-order valence-electron chi connectivity index (χ1n) is 8.78. The third-order valence-corrected chi connectivity index (χ3v) is 4.55. The van der Waals surface area contributed by atoms with Gasteiger partial charge < -0.3 is 0 Å². The molecule has 142 valence electrons. The van der Waals surface area contributed by atoms with Gasteiger partial charge in [-0.3, -0.25) is 25.4 Å². The first-order chi connectivity index (χ1) is 14.1. The third-order valence-electron chi connectivity index (χ3n) is 4.31. The van der Waals surface area contributed by atoms with Crippen LogP contribution in [0.3, 0.4) is 0 Å². The Morgan fingerprint density at radius 3 is 2.38 bits per heavy atom. The molecule has 0 aliphatic heterocycles. The molecule has 7 heteroatoms. The van der Waals surface area contributed by atoms with Crippen LogP contribution in [-0.4, -0.2) is 21.8 Å². The lowest BCUT2D eigenvalue weighted by Crippen LogP contribution is -2.41. The van der Waals surface area contributed by atoms with Crippen molar-refractivity contribution >= 4 is 34.3 Å². The van der Waals surface area contributed by atoms with Crippen LogP contribution in [0.15, 0.2) is 79.1 Å². The lowest BCUT2D eigenvalue weighted by atomic mass is 10.0. The van der Waals surface area contributed by atoms with Crippen molar-refractivity contribution in [1.29, 1.82) is 0 Å². The average Bonchev–Trinajstić information content (AvgIpc) is 2.77. The van der Waals surface area contributed by atoms with Crippen molar-refractivity contribution in [2.24, 2.45) is 0 Å². The fourth-order valence-corrected chi connectivity index (χ4v) is 3.11. The van der Waals surface area contributed by atoms with Crippen molar-refractivity contribution in [3.8, 4) is 11.3 Å². The van der Waals surface area contributed by atoms with E-state index in [1.54, 1.807) is 36.7 Å². The molecule has 2 heterocycles. The number of hydrogen-bond donors (Lipinski definition) is 2. The van der Waals surface area contributed by atoms with Crippen molar-refractivity contribution in [2.45, 2.75) is 0 Å². The Labute approximate surface area is 171 Å². The number of benzene rings is 2. The predicted molar refractivity (Wildman–Crippen MR) is 111 cm³/mol. The minimum atomic E-state index is -0.464. The molecule has 2 aromatic carbocycles. The SMILES string of the molecule is O=C(NNC(=O)c1cc(-c2ccncc2)nc2ccccc12)c1cccc(Cl)c1. The standard InChI is InChI=1S/C22H15ClN4O2/c23-16-5-3-4-15(12-16)21(28)26-27-22(29)18-13-20(14-8-10-24-11-9-14)25-19-7-2-1-6-17(18)19/h1-13H,(H,26,28)(H,27,29). The molecule has 29 heavy (non-hydrogen) atoms. The number of aromatic nitrogens is 2. The first-order valence-corrected chi connectivity index (χ1v) is 9.16. The smallest absolute Gasteiger partial charge is 0.267 e. The van der Waals surface area contributed by atoms with Gasteiger partial charge in [-0.25, -0.2) is 4.98 Å². The van der Waals surface area contributed by atoms with Crippen molar-refractivity contribution in [3.63, 3.8) is 0 Å². The van der Waals surface area contributed by atoms with Gasteiger partial charge in [-0.05, 0) is 42.5 Å². The number of pyridine rings is 2. The number of nitrogens with one attached hydrogen (secondary N) is 2. The summed E-state index contributed by atoms with van der Waals surface area (Å²) in [4.78, 5) is 33.8. The highest BCUT2D eigenvalue weighted by molar-refractivity contribution is 6.31. The van der Waals surface area contributed by atoms with Crippen LogP contribution >= 0.6 is 11.6 Å². The summed E-state index contributed by atoms with van der Waals surface area (Å²) in [6, 6.07) is 19.1. The Kier molecular flexibility index (Phi) is 5.18. The van der Waals surface area contributed by atoms with Crippen LogP contribution in [0.25, 0.3) is 22.2 Å². The minimum Gasteiger partial charge on any atom is -0.267 e. The molecule has 0 bridgehead atoms. The molecule has 0 atom stereocenters. The van der Waals surface area contributed by atoms with E-state index in [4.69, 9.17) is 11.6 Å². The molecule has 0 aliphatic carbocycles. The molecular weight excluding hydrogens is 388 g/mol. The van der Waals surface area contributed by atoms with Crippen LogP contribution in [0.4, 0.5) is 0 Å². The van der Waals surface area contributed by atoms with Gasteiger partial charge >= 0.3 is 0 Å². The number of hydrogen-bond acceptors (Lipinski definition) is 4. The second-order valence-corrected chi connectivity index (χ2v) is 6.66. The Bertz CT molecular complexity index is 1210. The van der Waals surface area contributed by atoms with E-state index in [2.05, 4.69) is 20.8 Å². The van der Waals surface area contributed by atoms with Crippen LogP contribution < -0.4 is 10.9 Å². The van der Waals surface area contributed by atoms with Gasteiger partial charge in [-0.2, -0.15) is 0 Å². The maximum atomic E-state index is 12.9. The molecule has 2 amide bonds. The molecule has 0 saturated heterocycles. The van der Waals surface area contributed by atoms with Crippen molar-refractivity contribution in [1.82, 2.24) is 20.8 Å². The molecule has 2 N–H and O–H groups in total. The molecule has 0 saturated carbocycles. The molecular formula is C22H15ClN4O2. The number of carbonyl (C=O) groups is 2. The Morgan fingerprint density at radius 1 is 0.828 bits per heavy atom. The number of rotatable bonds is 3. The summed E-state index contributed by atoms with van der Waals surface area (Å²) < 4.78 is 0. The van der Waals surface area contributed by atoms with E-state index in [0.717, 1.165) is 5.56 Å². The fourth-order valence-electron chi connectivity index (χ4n) is 2.92. The predicted octanol–water partition coefficient (Wildman–Crippen LogP) is 4.03. The topological polar surface area (TPSA) is 84.0 Å². The average molecular weight is 403 g/mol. The number of para-hydroxylation sites is 1. The summed E-state index contributed by atoms with van der Waals surface area (Å²) in [6.45, 7) is 0. The van der Waals surface area contributed by atoms with E-state index in [-0.39, 0.29) is 0 Å². The zero-order chi connectivity index (χ0) is 20.2. The summed E-state index contributed by atoms with van der Waals surface area (Å²) >= 11 is 5.91. The van der Waals surface area contributed by atoms with Gasteiger partial charge in [0, 0.05) is 33.9 Å². The van der Waals surface area contributed by atoms with Gasteiger partial charge in [0.15, 0.2) is 0 Å². The van der Waals surface area contributed by atoms with Gasteiger partial charge in [0.25, 0.3) is 11.8 Å². The summed E-state index contributed by atoms with van der Waals surface area (Å²) in [7, 11) is 0. The van der Waals surface area contributed by atoms with E-state index in [9.17, 15) is 9.59 Å². The van der Waals surface area contributed by atoms with Crippen LogP contribution in [-0.2, 0) is 0 Å². The van der Waals surface area contributed by atoms with Crippen LogP contribution in [0, 0.1) is 0 Å². The number of amides is 2. The fraction of sp³-hybridized carbons (Fsp3) is 0. The maximum Gasteiger partial charge on any atom is 0.270 e. The maximum absolute atomic E-state index is 12.9. The van der Waals surface area contributed by atoms with E-state index in [1.807, 2.05) is 36.4 Å². The number of nitrogens with zero attached hydrogens (tertiary/aromatic N) is 2. The van der Waals surface area contributed by atoms with Gasteiger partial charge in [-0.1, -0.05) is 35.9 Å². The third kappa shape index (κ3) is 4.07. The number of halogens is 1. The van der Waals surface area contributed by atoms with Crippen LogP contribution in [0.5, 0.6) is 0 Å². The monoisotopic (exact) mass is 402 g/mol. The minimum absolute atomic E-state index is 0.342. The molecule has 0 radical (unpaired) electrons. The zero-order valence-electron chi connectivity index (χ0n) is 15.1. The van der Waals surface area contributed by atoms with Crippen LogP contribution in [0.1, 0.15) is 20.7 Å². The van der Waals surface area contributed by atoms with Crippen LogP contribution in [0.2, 0.25) is 5.02 Å². The summed E-state index contributed by atoms with van der Waals surface area (Å²) in [5.41, 5.74) is 7.77. The quantitative estimate of drug-likeness (QED) is 0.507. The molecule has 2 aromatic heterocycles. The molecule has 0 unspecified atom stereocenters. The lowest BCUT2D eigenvalue weighted by Gasteiger charge is -2.11. The second-order valence-electron chi connectivity index (χ2n) is 6.23. The highest BCUT2D eigenvalue weighted by Crippen LogP contribution is 2.24. The Hall–Kier alpha value is -3.77.